The highest BCUT2D eigenvalue weighted by atomic mass is 19.1. The van der Waals surface area contributed by atoms with Crippen molar-refractivity contribution in [3.05, 3.63) is 54.0 Å². The van der Waals surface area contributed by atoms with E-state index in [-0.39, 0.29) is 18.1 Å². The van der Waals surface area contributed by atoms with E-state index >= 15 is 0 Å². The Bertz CT molecular complexity index is 638. The van der Waals surface area contributed by atoms with Crippen molar-refractivity contribution in [3.63, 3.8) is 0 Å². The van der Waals surface area contributed by atoms with Crippen LogP contribution in [0.5, 0.6) is 0 Å². The van der Waals surface area contributed by atoms with Crippen LogP contribution in [0.25, 0.3) is 0 Å². The first kappa shape index (κ1) is 13.5. The highest BCUT2D eigenvalue weighted by molar-refractivity contribution is 5.92. The molecule has 2 aromatic rings. The van der Waals surface area contributed by atoms with Crippen LogP contribution in [0.4, 0.5) is 15.9 Å². The van der Waals surface area contributed by atoms with Gasteiger partial charge >= 0.3 is 0 Å². The molecule has 0 spiro atoms. The van der Waals surface area contributed by atoms with Crippen molar-refractivity contribution >= 4 is 17.4 Å². The van der Waals surface area contributed by atoms with Gasteiger partial charge in [-0.25, -0.2) is 9.37 Å². The van der Waals surface area contributed by atoms with Gasteiger partial charge in [0.15, 0.2) is 0 Å². The van der Waals surface area contributed by atoms with Crippen molar-refractivity contribution in [2.24, 2.45) is 0 Å². The second-order valence-corrected chi connectivity index (χ2v) is 5.21. The Morgan fingerprint density at radius 1 is 1.29 bits per heavy atom. The van der Waals surface area contributed by atoms with Gasteiger partial charge in [0.1, 0.15) is 11.6 Å². The lowest BCUT2D eigenvalue weighted by Gasteiger charge is -2.07. The summed E-state index contributed by atoms with van der Waals surface area (Å²) < 4.78 is 13.0. The van der Waals surface area contributed by atoms with E-state index in [0.29, 0.717) is 17.3 Å². The number of aromatic nitrogens is 1. The zero-order valence-corrected chi connectivity index (χ0v) is 11.5. The first-order valence-corrected chi connectivity index (χ1v) is 6.96. The Kier molecular flexibility index (Phi) is 3.81. The largest absolute Gasteiger partial charge is 0.367 e. The van der Waals surface area contributed by atoms with Crippen LogP contribution >= 0.6 is 0 Å². The first-order chi connectivity index (χ1) is 10.2. The summed E-state index contributed by atoms with van der Waals surface area (Å²) in [5.74, 6) is 0.295. The van der Waals surface area contributed by atoms with E-state index in [1.807, 2.05) is 6.07 Å². The summed E-state index contributed by atoms with van der Waals surface area (Å²) in [6.07, 6.45) is 4.13. The molecule has 2 N–H and O–H groups in total. The fourth-order valence-corrected chi connectivity index (χ4v) is 2.03. The van der Waals surface area contributed by atoms with Crippen LogP contribution in [0.2, 0.25) is 0 Å². The van der Waals surface area contributed by atoms with Crippen molar-refractivity contribution in [2.45, 2.75) is 25.3 Å². The Morgan fingerprint density at radius 3 is 2.81 bits per heavy atom. The maximum atomic E-state index is 13.0. The lowest BCUT2D eigenvalue weighted by molar-refractivity contribution is -0.115. The number of carbonyl (C=O) groups excluding carboxylic acids is 1. The fourth-order valence-electron chi connectivity index (χ4n) is 2.03. The van der Waals surface area contributed by atoms with E-state index in [1.165, 1.54) is 25.0 Å². The highest BCUT2D eigenvalue weighted by Crippen LogP contribution is 2.23. The van der Waals surface area contributed by atoms with Crippen molar-refractivity contribution < 1.29 is 9.18 Å². The standard InChI is InChI=1S/C16H16FN3O/c17-12-3-1-2-11(8-12)9-16(21)20-14-6-7-15(18-10-14)19-13-4-5-13/h1-3,6-8,10,13H,4-5,9H2,(H,18,19)(H,20,21). The summed E-state index contributed by atoms with van der Waals surface area (Å²) in [5.41, 5.74) is 1.28. The van der Waals surface area contributed by atoms with E-state index < -0.39 is 0 Å². The van der Waals surface area contributed by atoms with E-state index in [0.717, 1.165) is 5.82 Å². The number of benzene rings is 1. The van der Waals surface area contributed by atoms with Gasteiger partial charge in [0, 0.05) is 6.04 Å². The average Bonchev–Trinajstić information content (AvgIpc) is 3.25. The molecule has 21 heavy (non-hydrogen) atoms. The van der Waals surface area contributed by atoms with E-state index in [4.69, 9.17) is 0 Å². The molecule has 0 unspecified atom stereocenters. The van der Waals surface area contributed by atoms with Crippen molar-refractivity contribution in [3.8, 4) is 0 Å². The Labute approximate surface area is 122 Å². The maximum absolute atomic E-state index is 13.0. The maximum Gasteiger partial charge on any atom is 0.228 e. The normalized spacial score (nSPS) is 13.8. The zero-order valence-electron chi connectivity index (χ0n) is 11.5. The molecule has 0 aliphatic heterocycles. The Hall–Kier alpha value is -2.43. The molecule has 1 aliphatic carbocycles. The number of anilines is 2. The summed E-state index contributed by atoms with van der Waals surface area (Å²) in [5, 5.41) is 6.03. The molecule has 0 saturated heterocycles. The molecule has 1 saturated carbocycles. The number of amides is 1. The van der Waals surface area contributed by atoms with Gasteiger partial charge in [0.25, 0.3) is 0 Å². The molecular weight excluding hydrogens is 269 g/mol. The minimum absolute atomic E-state index is 0.139. The quantitative estimate of drug-likeness (QED) is 0.888. The Balaban J connectivity index is 1.56. The third-order valence-electron chi connectivity index (χ3n) is 3.23. The fraction of sp³-hybridized carbons (Fsp3) is 0.250. The molecule has 1 heterocycles. The molecule has 1 fully saturated rings. The van der Waals surface area contributed by atoms with Crippen LogP contribution in [0.15, 0.2) is 42.6 Å². The molecular formula is C16H16FN3O. The van der Waals surface area contributed by atoms with Crippen LogP contribution < -0.4 is 10.6 Å². The number of rotatable bonds is 5. The SMILES string of the molecule is O=C(Cc1cccc(F)c1)Nc1ccc(NC2CC2)nc1. The van der Waals surface area contributed by atoms with Gasteiger partial charge in [-0.2, -0.15) is 0 Å². The zero-order chi connectivity index (χ0) is 14.7. The van der Waals surface area contributed by atoms with Gasteiger partial charge in [-0.05, 0) is 42.7 Å². The third kappa shape index (κ3) is 4.02. The lowest BCUT2D eigenvalue weighted by atomic mass is 10.1. The summed E-state index contributed by atoms with van der Waals surface area (Å²) in [6, 6.07) is 10.2. The number of hydrogen-bond donors (Lipinski definition) is 2. The second-order valence-electron chi connectivity index (χ2n) is 5.21. The average molecular weight is 285 g/mol. The van der Waals surface area contributed by atoms with Crippen molar-refractivity contribution in [1.82, 2.24) is 4.98 Å². The molecule has 1 amide bonds. The number of halogens is 1. The van der Waals surface area contributed by atoms with Gasteiger partial charge in [-0.1, -0.05) is 12.1 Å². The van der Waals surface area contributed by atoms with E-state index in [9.17, 15) is 9.18 Å². The number of hydrogen-bond acceptors (Lipinski definition) is 3. The van der Waals surface area contributed by atoms with Crippen LogP contribution in [0.1, 0.15) is 18.4 Å². The molecule has 108 valence electrons. The molecule has 0 atom stereocenters. The predicted octanol–water partition coefficient (Wildman–Crippen LogP) is 2.98. The van der Waals surface area contributed by atoms with Gasteiger partial charge in [0.05, 0.1) is 18.3 Å². The van der Waals surface area contributed by atoms with Gasteiger partial charge in [-0.15, -0.1) is 0 Å². The molecule has 0 bridgehead atoms. The minimum atomic E-state index is -0.336. The highest BCUT2D eigenvalue weighted by Gasteiger charge is 2.21. The summed E-state index contributed by atoms with van der Waals surface area (Å²) in [4.78, 5) is 16.1. The number of nitrogens with one attached hydrogen (secondary N) is 2. The summed E-state index contributed by atoms with van der Waals surface area (Å²) in [7, 11) is 0. The van der Waals surface area contributed by atoms with Gasteiger partial charge < -0.3 is 10.6 Å². The number of pyridine rings is 1. The van der Waals surface area contributed by atoms with Crippen molar-refractivity contribution in [2.75, 3.05) is 10.6 Å². The van der Waals surface area contributed by atoms with Crippen LogP contribution in [0, 0.1) is 5.82 Å². The first-order valence-electron chi connectivity index (χ1n) is 6.96. The number of carbonyl (C=O) groups is 1. The van der Waals surface area contributed by atoms with Gasteiger partial charge in [-0.3, -0.25) is 4.79 Å². The molecule has 4 nitrogen and oxygen atoms in total. The molecule has 1 aromatic heterocycles. The molecule has 5 heteroatoms. The van der Waals surface area contributed by atoms with Crippen LogP contribution in [0.3, 0.4) is 0 Å². The topological polar surface area (TPSA) is 54.0 Å². The second kappa shape index (κ2) is 5.91. The monoisotopic (exact) mass is 285 g/mol. The molecule has 3 rings (SSSR count). The minimum Gasteiger partial charge on any atom is -0.367 e. The van der Waals surface area contributed by atoms with Crippen LogP contribution in [-0.2, 0) is 11.2 Å². The molecule has 0 radical (unpaired) electrons. The lowest BCUT2D eigenvalue weighted by Crippen LogP contribution is -2.14. The molecule has 1 aliphatic rings. The van der Waals surface area contributed by atoms with Gasteiger partial charge in [0.2, 0.25) is 5.91 Å². The van der Waals surface area contributed by atoms with Crippen molar-refractivity contribution in [1.29, 1.82) is 0 Å². The summed E-state index contributed by atoms with van der Waals surface area (Å²) >= 11 is 0. The summed E-state index contributed by atoms with van der Waals surface area (Å²) in [6.45, 7) is 0. The smallest absolute Gasteiger partial charge is 0.228 e. The van der Waals surface area contributed by atoms with E-state index in [1.54, 1.807) is 24.4 Å². The third-order valence-corrected chi connectivity index (χ3v) is 3.23. The molecule has 1 aromatic carbocycles. The van der Waals surface area contributed by atoms with E-state index in [2.05, 4.69) is 15.6 Å². The number of nitrogens with zero attached hydrogens (tertiary/aromatic N) is 1. The predicted molar refractivity (Wildman–Crippen MR) is 79.6 cm³/mol. The van der Waals surface area contributed by atoms with Crippen LogP contribution in [-0.4, -0.2) is 16.9 Å². The Morgan fingerprint density at radius 2 is 2.14 bits per heavy atom.